The van der Waals surface area contributed by atoms with Crippen LogP contribution in [0.2, 0.25) is 5.02 Å². The van der Waals surface area contributed by atoms with Gasteiger partial charge in [0.05, 0.1) is 16.9 Å². The fourth-order valence-electron chi connectivity index (χ4n) is 2.51. The topological polar surface area (TPSA) is 96.5 Å². The van der Waals surface area contributed by atoms with Crippen molar-refractivity contribution in [1.29, 1.82) is 5.26 Å². The first-order valence-corrected chi connectivity index (χ1v) is 8.08. The number of azo groups is 1. The second-order valence-corrected chi connectivity index (χ2v) is 5.93. The molecule has 6 nitrogen and oxygen atoms in total. The van der Waals surface area contributed by atoms with Gasteiger partial charge in [0.2, 0.25) is 0 Å². The number of halogens is 1. The predicted molar refractivity (Wildman–Crippen MR) is 102 cm³/mol. The Labute approximate surface area is 154 Å². The van der Waals surface area contributed by atoms with Crippen molar-refractivity contribution >= 4 is 28.8 Å². The number of para-hydroxylation sites is 1. The van der Waals surface area contributed by atoms with Gasteiger partial charge in [0.1, 0.15) is 11.9 Å². The minimum Gasteiger partial charge on any atom is -0.384 e. The molecule has 2 aromatic carbocycles. The summed E-state index contributed by atoms with van der Waals surface area (Å²) < 4.78 is 1.27. The average molecular weight is 364 g/mol. The zero-order chi connectivity index (χ0) is 18.7. The van der Waals surface area contributed by atoms with Crippen LogP contribution in [0.25, 0.3) is 5.69 Å². The van der Waals surface area contributed by atoms with Gasteiger partial charge >= 0.3 is 0 Å². The van der Waals surface area contributed by atoms with Crippen LogP contribution in [0.4, 0.5) is 17.2 Å². The van der Waals surface area contributed by atoms with E-state index in [1.807, 2.05) is 12.1 Å². The zero-order valence-corrected chi connectivity index (χ0v) is 14.6. The van der Waals surface area contributed by atoms with Crippen LogP contribution in [-0.4, -0.2) is 4.57 Å². The summed E-state index contributed by atoms with van der Waals surface area (Å²) in [5, 5.41) is 18.2. The standard InChI is InChI=1S/C19H14ClN5O/c1-12-16(11-21)18(22)25(15-5-3-2-4-6-15)19(26)17(12)24-23-14-9-7-13(20)8-10-14/h2-10H,22H2,1H3. The number of rotatable bonds is 3. The molecule has 26 heavy (non-hydrogen) atoms. The summed E-state index contributed by atoms with van der Waals surface area (Å²) in [6.45, 7) is 1.63. The summed E-state index contributed by atoms with van der Waals surface area (Å²) in [5.41, 5.74) is 7.37. The summed E-state index contributed by atoms with van der Waals surface area (Å²) in [6.07, 6.45) is 0. The Hall–Kier alpha value is -3.43. The molecule has 0 aliphatic carbocycles. The number of nitriles is 1. The second-order valence-electron chi connectivity index (χ2n) is 5.50. The van der Waals surface area contributed by atoms with Crippen LogP contribution in [0, 0.1) is 18.3 Å². The van der Waals surface area contributed by atoms with E-state index in [2.05, 4.69) is 10.2 Å². The van der Waals surface area contributed by atoms with Crippen molar-refractivity contribution in [3.05, 3.63) is 81.1 Å². The maximum absolute atomic E-state index is 13.0. The Morgan fingerprint density at radius 2 is 1.73 bits per heavy atom. The van der Waals surface area contributed by atoms with Gasteiger partial charge in [-0.1, -0.05) is 29.8 Å². The van der Waals surface area contributed by atoms with E-state index in [1.165, 1.54) is 4.57 Å². The van der Waals surface area contributed by atoms with Gasteiger partial charge in [0, 0.05) is 10.6 Å². The first-order chi connectivity index (χ1) is 12.5. The highest BCUT2D eigenvalue weighted by atomic mass is 35.5. The number of benzene rings is 2. The van der Waals surface area contributed by atoms with Gasteiger partial charge < -0.3 is 5.73 Å². The average Bonchev–Trinajstić information content (AvgIpc) is 2.64. The van der Waals surface area contributed by atoms with E-state index < -0.39 is 5.56 Å². The van der Waals surface area contributed by atoms with Crippen molar-refractivity contribution in [2.45, 2.75) is 6.92 Å². The monoisotopic (exact) mass is 363 g/mol. The minimum atomic E-state index is -0.442. The molecule has 0 aliphatic rings. The molecule has 0 aliphatic heterocycles. The molecule has 0 spiro atoms. The Morgan fingerprint density at radius 3 is 2.35 bits per heavy atom. The van der Waals surface area contributed by atoms with Crippen LogP contribution in [0.1, 0.15) is 11.1 Å². The number of hydrogen-bond acceptors (Lipinski definition) is 5. The van der Waals surface area contributed by atoms with Crippen LogP contribution in [-0.2, 0) is 0 Å². The van der Waals surface area contributed by atoms with Crippen molar-refractivity contribution < 1.29 is 0 Å². The third-order valence-corrected chi connectivity index (χ3v) is 4.10. The highest BCUT2D eigenvalue weighted by molar-refractivity contribution is 6.30. The van der Waals surface area contributed by atoms with Crippen LogP contribution >= 0.6 is 11.6 Å². The Bertz CT molecular complexity index is 1080. The summed E-state index contributed by atoms with van der Waals surface area (Å²) in [5.74, 6) is 0.0756. The number of pyridine rings is 1. The third kappa shape index (κ3) is 3.21. The van der Waals surface area contributed by atoms with Crippen LogP contribution in [0.5, 0.6) is 0 Å². The van der Waals surface area contributed by atoms with Crippen molar-refractivity contribution in [1.82, 2.24) is 4.57 Å². The summed E-state index contributed by atoms with van der Waals surface area (Å²) >= 11 is 5.85. The molecule has 0 bridgehead atoms. The van der Waals surface area contributed by atoms with E-state index in [9.17, 15) is 10.1 Å². The van der Waals surface area contributed by atoms with E-state index >= 15 is 0 Å². The molecule has 3 aromatic rings. The lowest BCUT2D eigenvalue weighted by molar-refractivity contribution is 0.978. The molecule has 0 atom stereocenters. The van der Waals surface area contributed by atoms with Crippen LogP contribution in [0.3, 0.4) is 0 Å². The zero-order valence-electron chi connectivity index (χ0n) is 13.8. The smallest absolute Gasteiger partial charge is 0.284 e. The number of nitrogens with two attached hydrogens (primary N) is 1. The summed E-state index contributed by atoms with van der Waals surface area (Å²) in [4.78, 5) is 13.0. The van der Waals surface area contributed by atoms with Gasteiger partial charge in [0.25, 0.3) is 5.56 Å². The first kappa shape index (κ1) is 17.4. The highest BCUT2D eigenvalue weighted by Crippen LogP contribution is 2.26. The van der Waals surface area contributed by atoms with Crippen LogP contribution < -0.4 is 11.3 Å². The highest BCUT2D eigenvalue weighted by Gasteiger charge is 2.18. The maximum Gasteiger partial charge on any atom is 0.284 e. The van der Waals surface area contributed by atoms with E-state index in [0.29, 0.717) is 22.0 Å². The van der Waals surface area contributed by atoms with Gasteiger partial charge in [0.15, 0.2) is 5.69 Å². The minimum absolute atomic E-state index is 0.0644. The van der Waals surface area contributed by atoms with Crippen molar-refractivity contribution in [2.75, 3.05) is 5.73 Å². The van der Waals surface area contributed by atoms with E-state index in [-0.39, 0.29) is 17.1 Å². The number of anilines is 1. The Balaban J connectivity index is 2.21. The van der Waals surface area contributed by atoms with E-state index in [1.54, 1.807) is 55.5 Å². The van der Waals surface area contributed by atoms with Crippen molar-refractivity contribution in [3.63, 3.8) is 0 Å². The quantitative estimate of drug-likeness (QED) is 0.684. The Morgan fingerprint density at radius 1 is 1.08 bits per heavy atom. The summed E-state index contributed by atoms with van der Waals surface area (Å²) in [6, 6.07) is 17.6. The molecule has 7 heteroatoms. The van der Waals surface area contributed by atoms with Gasteiger partial charge in [-0.2, -0.15) is 10.4 Å². The molecule has 0 saturated carbocycles. The molecule has 0 amide bonds. The number of aromatic nitrogens is 1. The van der Waals surface area contributed by atoms with Crippen molar-refractivity contribution in [3.8, 4) is 11.8 Å². The fourth-order valence-corrected chi connectivity index (χ4v) is 2.63. The lowest BCUT2D eigenvalue weighted by Gasteiger charge is -2.14. The van der Waals surface area contributed by atoms with E-state index in [0.717, 1.165) is 0 Å². The largest absolute Gasteiger partial charge is 0.384 e. The predicted octanol–water partition coefficient (Wildman–Crippen LogP) is 4.67. The SMILES string of the molecule is Cc1c(C#N)c(N)n(-c2ccccc2)c(=O)c1N=Nc1ccc(Cl)cc1. The van der Waals surface area contributed by atoms with Gasteiger partial charge in [-0.3, -0.25) is 9.36 Å². The number of nitrogens with zero attached hydrogens (tertiary/aromatic N) is 4. The fraction of sp³-hybridized carbons (Fsp3) is 0.0526. The molecule has 3 rings (SSSR count). The van der Waals surface area contributed by atoms with Crippen molar-refractivity contribution in [2.24, 2.45) is 10.2 Å². The molecule has 0 saturated heterocycles. The lowest BCUT2D eigenvalue weighted by Crippen LogP contribution is -2.23. The molecular formula is C19H14ClN5O. The maximum atomic E-state index is 13.0. The number of nitrogen functional groups attached to an aromatic ring is 1. The Kier molecular flexibility index (Phi) is 4.83. The van der Waals surface area contributed by atoms with Crippen LogP contribution in [0.15, 0.2) is 69.6 Å². The van der Waals surface area contributed by atoms with Gasteiger partial charge in [-0.05, 0) is 43.3 Å². The molecule has 2 N–H and O–H groups in total. The van der Waals surface area contributed by atoms with Gasteiger partial charge in [-0.25, -0.2) is 0 Å². The molecule has 0 fully saturated rings. The molecule has 0 unspecified atom stereocenters. The normalized spacial score (nSPS) is 10.8. The third-order valence-electron chi connectivity index (χ3n) is 3.85. The molecule has 1 heterocycles. The molecular weight excluding hydrogens is 350 g/mol. The lowest BCUT2D eigenvalue weighted by atomic mass is 10.1. The second kappa shape index (κ2) is 7.21. The van der Waals surface area contributed by atoms with E-state index in [4.69, 9.17) is 17.3 Å². The van der Waals surface area contributed by atoms with Gasteiger partial charge in [-0.15, -0.1) is 5.11 Å². The first-order valence-electron chi connectivity index (χ1n) is 7.71. The summed E-state index contributed by atoms with van der Waals surface area (Å²) in [7, 11) is 0. The number of hydrogen-bond donors (Lipinski definition) is 1. The molecule has 128 valence electrons. The molecule has 1 aromatic heterocycles. The molecule has 0 radical (unpaired) electrons.